The van der Waals surface area contributed by atoms with Crippen LogP contribution in [-0.2, 0) is 22.7 Å². The first kappa shape index (κ1) is 43.7. The first-order valence-electron chi connectivity index (χ1n) is 21.6. The van der Waals surface area contributed by atoms with Crippen LogP contribution < -0.4 is 31.8 Å². The van der Waals surface area contributed by atoms with Crippen LogP contribution in [0.2, 0.25) is 13.1 Å². The molecule has 0 atom stereocenters. The Kier molecular flexibility index (Phi) is 13.7. The highest BCUT2D eigenvalue weighted by atomic mass is 32.1. The normalized spacial score (nSPS) is 15.0. The fourth-order valence-corrected chi connectivity index (χ4v) is 12.6. The zero-order valence-corrected chi connectivity index (χ0v) is 38.6. The predicted octanol–water partition coefficient (Wildman–Crippen LogP) is 9.02. The van der Waals surface area contributed by atoms with Crippen LogP contribution in [0, 0.1) is 5.92 Å². The van der Waals surface area contributed by atoms with Crippen molar-refractivity contribution >= 4 is 74.9 Å². The van der Waals surface area contributed by atoms with Gasteiger partial charge in [-0.25, -0.2) is 0 Å². The second kappa shape index (κ2) is 19.1. The third kappa shape index (κ3) is 9.28. The highest BCUT2D eigenvalue weighted by Gasteiger charge is 2.39. The Labute approximate surface area is 366 Å². The van der Waals surface area contributed by atoms with E-state index in [0.29, 0.717) is 31.8 Å². The Morgan fingerprint density at radius 1 is 0.803 bits per heavy atom. The lowest BCUT2D eigenvalue weighted by Gasteiger charge is -2.38. The van der Waals surface area contributed by atoms with E-state index in [1.165, 1.54) is 75.8 Å². The molecule has 0 saturated carbocycles. The molecule has 0 fully saturated rings. The summed E-state index contributed by atoms with van der Waals surface area (Å²) in [5, 5.41) is 26.9. The number of anilines is 1. The van der Waals surface area contributed by atoms with Crippen LogP contribution in [-0.4, -0.2) is 65.9 Å². The van der Waals surface area contributed by atoms with Crippen LogP contribution in [0.4, 0.5) is 5.69 Å². The van der Waals surface area contributed by atoms with Crippen molar-refractivity contribution in [1.82, 2.24) is 21.3 Å². The maximum atomic E-state index is 12.2. The number of rotatable bonds is 17. The Hall–Kier alpha value is -5.39. The molecule has 2 amide bonds. The zero-order chi connectivity index (χ0) is 43.3. The number of aliphatic imine (C=N–C) groups is 1. The number of carbonyl (C=O) groups excluding carboxylic acids is 2. The van der Waals surface area contributed by atoms with Gasteiger partial charge in [-0.1, -0.05) is 82.1 Å². The van der Waals surface area contributed by atoms with Gasteiger partial charge >= 0.3 is 0 Å². The summed E-state index contributed by atoms with van der Waals surface area (Å²) in [6.07, 6.45) is 8.44. The van der Waals surface area contributed by atoms with Gasteiger partial charge < -0.3 is 26.6 Å². The number of amides is 2. The molecule has 2 aliphatic rings. The molecule has 1 aromatic heterocycles. The Balaban J connectivity index is 1.26. The first-order valence-corrected chi connectivity index (χ1v) is 25.4. The Bertz CT molecular complexity index is 2630. The number of nitrogens with zero attached hydrogens (tertiary/aromatic N) is 1. The molecule has 1 aliphatic carbocycles. The number of nitrogens with one attached hydrogen (secondary N) is 5. The van der Waals surface area contributed by atoms with Gasteiger partial charge in [0.25, 0.3) is 0 Å². The number of hydrogen-bond donors (Lipinski definition) is 5. The van der Waals surface area contributed by atoms with Gasteiger partial charge in [0, 0.05) is 62.3 Å². The van der Waals surface area contributed by atoms with Crippen molar-refractivity contribution in [2.75, 3.05) is 45.6 Å². The van der Waals surface area contributed by atoms with Crippen molar-refractivity contribution in [3.05, 3.63) is 136 Å². The highest BCUT2D eigenvalue weighted by molar-refractivity contribution is 7.13. The molecule has 10 heteroatoms. The van der Waals surface area contributed by atoms with Gasteiger partial charge in [0.15, 0.2) is 0 Å². The number of carbonyl (C=O) groups is 2. The lowest BCUT2D eigenvalue weighted by atomic mass is 9.89. The number of thiophene rings is 1. The predicted molar refractivity (Wildman–Crippen MR) is 263 cm³/mol. The van der Waals surface area contributed by atoms with E-state index in [-0.39, 0.29) is 17.7 Å². The number of benzene rings is 4. The minimum absolute atomic E-state index is 0.0201. The van der Waals surface area contributed by atoms with Crippen molar-refractivity contribution in [3.8, 4) is 10.4 Å². The molecule has 0 radical (unpaired) electrons. The van der Waals surface area contributed by atoms with E-state index in [1.54, 1.807) is 18.3 Å². The monoisotopic (exact) mass is 848 g/mol. The summed E-state index contributed by atoms with van der Waals surface area (Å²) < 4.78 is 0. The van der Waals surface area contributed by atoms with Crippen molar-refractivity contribution in [1.29, 1.82) is 0 Å². The highest BCUT2D eigenvalue weighted by Crippen LogP contribution is 2.44. The molecule has 0 spiro atoms. The molecule has 4 aromatic carbocycles. The van der Waals surface area contributed by atoms with Gasteiger partial charge in [-0.05, 0) is 146 Å². The maximum Gasteiger partial charge on any atom is 0.246 e. The Morgan fingerprint density at radius 3 is 2.13 bits per heavy atom. The Morgan fingerprint density at radius 2 is 1.48 bits per heavy atom. The van der Waals surface area contributed by atoms with E-state index in [2.05, 4.69) is 142 Å². The summed E-state index contributed by atoms with van der Waals surface area (Å²) in [6, 6.07) is 25.0. The molecule has 0 saturated heterocycles. The quantitative estimate of drug-likeness (QED) is 0.0278. The third-order valence-electron chi connectivity index (χ3n) is 12.0. The van der Waals surface area contributed by atoms with Crippen molar-refractivity contribution in [2.24, 2.45) is 10.9 Å². The number of fused-ring (bicyclic) bond motifs is 4. The van der Waals surface area contributed by atoms with Gasteiger partial charge in [0.05, 0.1) is 5.71 Å². The largest absolute Gasteiger partial charge is 0.388 e. The smallest absolute Gasteiger partial charge is 0.246 e. The van der Waals surface area contributed by atoms with Gasteiger partial charge in [-0.15, -0.1) is 11.3 Å². The summed E-state index contributed by atoms with van der Waals surface area (Å²) in [5.74, 6) is -0.0291. The van der Waals surface area contributed by atoms with Crippen LogP contribution in [0.5, 0.6) is 0 Å². The third-order valence-corrected chi connectivity index (χ3v) is 16.5. The van der Waals surface area contributed by atoms with Gasteiger partial charge in [0.1, 0.15) is 8.07 Å². The summed E-state index contributed by atoms with van der Waals surface area (Å²) in [5.41, 5.74) is 11.6. The molecule has 5 aromatic rings. The molecule has 1 aliphatic heterocycles. The summed E-state index contributed by atoms with van der Waals surface area (Å²) in [4.78, 5) is 30.0. The fraction of sp³-hybridized carbons (Fsp3) is 0.314. The van der Waals surface area contributed by atoms with Crippen molar-refractivity contribution in [2.45, 2.75) is 59.8 Å². The topological polar surface area (TPSA) is 107 Å². The van der Waals surface area contributed by atoms with Crippen LogP contribution in [0.3, 0.4) is 0 Å². The molecule has 2 heterocycles. The van der Waals surface area contributed by atoms with Crippen LogP contribution in [0.15, 0.2) is 118 Å². The summed E-state index contributed by atoms with van der Waals surface area (Å²) >= 11 is 1.80. The van der Waals surface area contributed by atoms with E-state index >= 15 is 0 Å². The minimum Gasteiger partial charge on any atom is -0.388 e. The molecule has 0 bridgehead atoms. The number of allylic oxidation sites excluding steroid dienone is 5. The molecular weight excluding hydrogens is 789 g/mol. The minimum atomic E-state index is -2.04. The summed E-state index contributed by atoms with van der Waals surface area (Å²) in [6.45, 7) is 18.5. The zero-order valence-electron chi connectivity index (χ0n) is 36.8. The van der Waals surface area contributed by atoms with Crippen LogP contribution in [0.1, 0.15) is 55.9 Å². The van der Waals surface area contributed by atoms with Crippen molar-refractivity contribution < 1.29 is 9.59 Å². The maximum absolute atomic E-state index is 12.2. The molecule has 0 unspecified atom stereocenters. The van der Waals surface area contributed by atoms with Crippen LogP contribution in [0.25, 0.3) is 37.6 Å². The van der Waals surface area contributed by atoms with E-state index < -0.39 is 8.07 Å². The molecule has 7 rings (SSSR count). The molecule has 61 heavy (non-hydrogen) atoms. The van der Waals surface area contributed by atoms with E-state index in [0.717, 1.165) is 37.3 Å². The molecule has 8 nitrogen and oxygen atoms in total. The fourth-order valence-electron chi connectivity index (χ4n) is 8.57. The SMILES string of the molecule is C=C(C)C(=O)NCCCNCc1c2ccccc2c(CNCCCNC(=O)C(C)C)c2cc(-c3cc(C4=C5C=CC(=NC)C=C5[Si](C)(C)c5cc(NC)ccc54)cs3)ccc12. The average molecular weight is 849 g/mol. The van der Waals surface area contributed by atoms with E-state index in [4.69, 9.17) is 0 Å². The van der Waals surface area contributed by atoms with Gasteiger partial charge in [-0.2, -0.15) is 0 Å². The van der Waals surface area contributed by atoms with Crippen molar-refractivity contribution in [3.63, 3.8) is 0 Å². The van der Waals surface area contributed by atoms with E-state index in [1.807, 2.05) is 27.9 Å². The number of hydrogen-bond acceptors (Lipinski definition) is 7. The van der Waals surface area contributed by atoms with Gasteiger partial charge in [-0.3, -0.25) is 14.6 Å². The van der Waals surface area contributed by atoms with Crippen LogP contribution >= 0.6 is 11.3 Å². The lowest BCUT2D eigenvalue weighted by molar-refractivity contribution is -0.124. The van der Waals surface area contributed by atoms with E-state index in [9.17, 15) is 9.59 Å². The van der Waals surface area contributed by atoms with Gasteiger partial charge in [0.2, 0.25) is 11.8 Å². The average Bonchev–Trinajstić information content (AvgIpc) is 3.75. The molecule has 316 valence electrons. The molecular formula is C51H60N6O2SSi. The molecule has 5 N–H and O–H groups in total. The standard InChI is InChI=1S/C51H60N6O2SSi/c1-32(2)50(58)56-23-11-21-54-29-44-38-13-9-10-14-39(38)45(30-55-22-12-24-57-51(59)33(3)4)43-25-34(15-18-40(43)44)46-26-35(31-60-46)49-41-19-16-36(52-5)27-47(41)61(7,8)48-28-37(53-6)17-20-42(48)49/h9-10,13-20,25-28,31,33,52,54-55H,1,11-12,21-24,29-30H2,2-8H3,(H,56,58)(H,57,59). The second-order valence-corrected chi connectivity index (χ2v) is 22.2. The lowest BCUT2D eigenvalue weighted by Crippen LogP contribution is -2.49. The second-order valence-electron chi connectivity index (χ2n) is 17.0. The summed E-state index contributed by atoms with van der Waals surface area (Å²) in [7, 11) is 1.83. The first-order chi connectivity index (χ1) is 29.4.